The van der Waals surface area contributed by atoms with Gasteiger partial charge in [-0.1, -0.05) is 154 Å². The number of fused-ring (bicyclic) bond motifs is 4. The predicted octanol–water partition coefficient (Wildman–Crippen LogP) is 15.0. The molecule has 0 amide bonds. The lowest BCUT2D eigenvalue weighted by Gasteiger charge is -2.31. The molecule has 1 nitrogen and oxygen atoms in total. The first-order chi connectivity index (χ1) is 27.0. The van der Waals surface area contributed by atoms with Gasteiger partial charge in [0, 0.05) is 22.2 Å². The second-order valence-corrected chi connectivity index (χ2v) is 16.3. The molecular formula is C54H43N. The van der Waals surface area contributed by atoms with Crippen molar-refractivity contribution in [1.82, 2.24) is 0 Å². The Balaban J connectivity index is 1.22. The van der Waals surface area contributed by atoms with Gasteiger partial charge in [0.25, 0.3) is 0 Å². The number of hydrogen-bond acceptors (Lipinski definition) is 1. The molecule has 0 bridgehead atoms. The van der Waals surface area contributed by atoms with Crippen LogP contribution in [0, 0.1) is 0 Å². The van der Waals surface area contributed by atoms with E-state index in [0.29, 0.717) is 0 Å². The molecule has 9 aromatic carbocycles. The van der Waals surface area contributed by atoms with Gasteiger partial charge in [-0.2, -0.15) is 0 Å². The second kappa shape index (κ2) is 12.4. The fourth-order valence-corrected chi connectivity index (χ4v) is 10.1. The van der Waals surface area contributed by atoms with Crippen molar-refractivity contribution in [3.63, 3.8) is 0 Å². The number of benzene rings is 9. The number of nitrogens with zero attached hydrogens (tertiary/aromatic N) is 1. The predicted molar refractivity (Wildman–Crippen MR) is 235 cm³/mol. The van der Waals surface area contributed by atoms with Crippen LogP contribution in [0.2, 0.25) is 0 Å². The average molecular weight is 706 g/mol. The van der Waals surface area contributed by atoms with Crippen molar-refractivity contribution in [2.24, 2.45) is 0 Å². The summed E-state index contributed by atoms with van der Waals surface area (Å²) in [5.41, 5.74) is 17.2. The van der Waals surface area contributed by atoms with E-state index in [1.165, 1.54) is 113 Å². The highest BCUT2D eigenvalue weighted by molar-refractivity contribution is 6.25. The zero-order valence-corrected chi connectivity index (χ0v) is 31.6. The van der Waals surface area contributed by atoms with E-state index in [1.54, 1.807) is 5.56 Å². The third-order valence-electron chi connectivity index (χ3n) is 12.8. The van der Waals surface area contributed by atoms with Crippen molar-refractivity contribution in [2.45, 2.75) is 51.4 Å². The van der Waals surface area contributed by atoms with E-state index >= 15 is 0 Å². The molecule has 0 saturated heterocycles. The quantitative estimate of drug-likeness (QED) is 0.127. The van der Waals surface area contributed by atoms with Crippen molar-refractivity contribution in [3.05, 3.63) is 186 Å². The van der Waals surface area contributed by atoms with E-state index < -0.39 is 0 Å². The lowest BCUT2D eigenvalue weighted by atomic mass is 9.81. The first kappa shape index (κ1) is 32.3. The van der Waals surface area contributed by atoms with Crippen LogP contribution in [0.3, 0.4) is 0 Å². The Hall–Kier alpha value is -6.18. The first-order valence-electron chi connectivity index (χ1n) is 20.1. The van der Waals surface area contributed by atoms with E-state index in [2.05, 4.69) is 183 Å². The molecule has 9 aromatic rings. The molecule has 55 heavy (non-hydrogen) atoms. The third-order valence-corrected chi connectivity index (χ3v) is 12.8. The van der Waals surface area contributed by atoms with Crippen LogP contribution in [-0.4, -0.2) is 0 Å². The Morgan fingerprint density at radius 3 is 1.96 bits per heavy atom. The molecule has 0 radical (unpaired) electrons. The molecular weight excluding hydrogens is 663 g/mol. The summed E-state index contributed by atoms with van der Waals surface area (Å²) in [4.78, 5) is 2.55. The normalized spacial score (nSPS) is 14.5. The van der Waals surface area contributed by atoms with Crippen molar-refractivity contribution in [1.29, 1.82) is 0 Å². The summed E-state index contributed by atoms with van der Waals surface area (Å²) in [5.74, 6) is 0. The second-order valence-electron chi connectivity index (χ2n) is 16.3. The highest BCUT2D eigenvalue weighted by Crippen LogP contribution is 2.55. The van der Waals surface area contributed by atoms with Crippen LogP contribution in [0.25, 0.3) is 65.7 Å². The minimum Gasteiger partial charge on any atom is -0.310 e. The summed E-state index contributed by atoms with van der Waals surface area (Å²) in [6.07, 6.45) is 6.11. The third kappa shape index (κ3) is 4.99. The molecule has 2 aliphatic carbocycles. The summed E-state index contributed by atoms with van der Waals surface area (Å²) in [6.45, 7) is 4.85. The molecule has 0 spiro atoms. The van der Waals surface area contributed by atoms with Gasteiger partial charge in [0.05, 0.1) is 5.69 Å². The van der Waals surface area contributed by atoms with Crippen LogP contribution < -0.4 is 4.90 Å². The van der Waals surface area contributed by atoms with Gasteiger partial charge < -0.3 is 4.90 Å². The largest absolute Gasteiger partial charge is 0.310 e. The lowest BCUT2D eigenvalue weighted by molar-refractivity contribution is 0.660. The monoisotopic (exact) mass is 705 g/mol. The summed E-state index contributed by atoms with van der Waals surface area (Å²) < 4.78 is 0. The van der Waals surface area contributed by atoms with Crippen LogP contribution in [-0.2, 0) is 18.3 Å². The van der Waals surface area contributed by atoms with Crippen molar-refractivity contribution in [2.75, 3.05) is 4.90 Å². The van der Waals surface area contributed by atoms with Crippen LogP contribution in [0.4, 0.5) is 17.1 Å². The van der Waals surface area contributed by atoms with Gasteiger partial charge in [-0.25, -0.2) is 0 Å². The van der Waals surface area contributed by atoms with Crippen LogP contribution in [0.1, 0.15) is 55.4 Å². The summed E-state index contributed by atoms with van der Waals surface area (Å²) >= 11 is 0. The number of hydrogen-bond donors (Lipinski definition) is 0. The van der Waals surface area contributed by atoms with Crippen LogP contribution >= 0.6 is 0 Å². The Morgan fingerprint density at radius 1 is 0.455 bits per heavy atom. The topological polar surface area (TPSA) is 3.24 Å². The number of rotatable bonds is 5. The van der Waals surface area contributed by atoms with Gasteiger partial charge in [-0.05, 0) is 139 Å². The molecule has 0 unspecified atom stereocenters. The molecule has 0 heterocycles. The van der Waals surface area contributed by atoms with Gasteiger partial charge in [0.15, 0.2) is 0 Å². The zero-order valence-electron chi connectivity index (χ0n) is 31.6. The molecule has 0 fully saturated rings. The molecule has 0 aromatic heterocycles. The molecule has 0 aliphatic heterocycles. The summed E-state index contributed by atoms with van der Waals surface area (Å²) in [7, 11) is 0. The minimum absolute atomic E-state index is 0.159. The minimum atomic E-state index is -0.159. The first-order valence-corrected chi connectivity index (χ1v) is 20.1. The van der Waals surface area contributed by atoms with Crippen molar-refractivity contribution >= 4 is 49.4 Å². The molecule has 2 aliphatic rings. The van der Waals surface area contributed by atoms with Gasteiger partial charge >= 0.3 is 0 Å². The number of aryl methyl sites for hydroxylation is 1. The Morgan fingerprint density at radius 2 is 1.13 bits per heavy atom. The van der Waals surface area contributed by atoms with Crippen LogP contribution in [0.5, 0.6) is 0 Å². The van der Waals surface area contributed by atoms with Gasteiger partial charge in [-0.3, -0.25) is 0 Å². The maximum atomic E-state index is 2.55. The molecule has 0 saturated carbocycles. The molecule has 0 N–H and O–H groups in total. The SMILES string of the molecule is CC1(C)c2ccccc2-c2c(-c3cccc4c3CCCCC4)cc(N(c3ccc(-c4ccccc4)cc3)c3ccc4ccc5cccc6ccc3c4c56)cc21. The maximum Gasteiger partial charge on any atom is 0.0540 e. The zero-order chi connectivity index (χ0) is 36.7. The van der Waals surface area contributed by atoms with Gasteiger partial charge in [-0.15, -0.1) is 0 Å². The smallest absolute Gasteiger partial charge is 0.0540 e. The fourth-order valence-electron chi connectivity index (χ4n) is 10.1. The number of anilines is 3. The molecule has 264 valence electrons. The standard InChI is InChI=1S/C54H43N/c1-54(2)48-22-10-9-20-45(48)53-47(44-21-12-16-37-15-7-4-8-19-43(37)44)33-42(34-49(53)54)55(41-29-25-36(26-30-41)35-13-5-3-6-14-35)50-32-28-40-24-23-38-17-11-18-39-27-31-46(50)52(40)51(38)39/h3,5-6,9-14,16-18,20-34H,4,7-8,15,19H2,1-2H3. The van der Waals surface area contributed by atoms with E-state index in [1.807, 2.05) is 0 Å². The highest BCUT2D eigenvalue weighted by Gasteiger charge is 2.38. The highest BCUT2D eigenvalue weighted by atomic mass is 15.1. The van der Waals surface area contributed by atoms with E-state index in [0.717, 1.165) is 18.5 Å². The molecule has 11 rings (SSSR count). The fraction of sp³-hybridized carbons (Fsp3) is 0.148. The van der Waals surface area contributed by atoms with E-state index in [9.17, 15) is 0 Å². The lowest BCUT2D eigenvalue weighted by Crippen LogP contribution is -2.17. The van der Waals surface area contributed by atoms with Crippen LogP contribution in [0.15, 0.2) is 164 Å². The summed E-state index contributed by atoms with van der Waals surface area (Å²) in [6, 6.07) is 61.9. The summed E-state index contributed by atoms with van der Waals surface area (Å²) in [5, 5.41) is 7.80. The molecule has 1 heteroatoms. The molecule has 0 atom stereocenters. The Kier molecular flexibility index (Phi) is 7.29. The van der Waals surface area contributed by atoms with Gasteiger partial charge in [0.1, 0.15) is 0 Å². The average Bonchev–Trinajstić information content (AvgIpc) is 3.35. The van der Waals surface area contributed by atoms with Crippen molar-refractivity contribution < 1.29 is 0 Å². The Bertz CT molecular complexity index is 2900. The van der Waals surface area contributed by atoms with Crippen molar-refractivity contribution in [3.8, 4) is 33.4 Å². The Labute approximate surface area is 323 Å². The van der Waals surface area contributed by atoms with E-state index in [-0.39, 0.29) is 5.41 Å². The van der Waals surface area contributed by atoms with E-state index in [4.69, 9.17) is 0 Å². The van der Waals surface area contributed by atoms with Gasteiger partial charge in [0.2, 0.25) is 0 Å². The maximum absolute atomic E-state index is 2.55.